The van der Waals surface area contributed by atoms with Gasteiger partial charge in [-0.25, -0.2) is 0 Å². The lowest BCUT2D eigenvalue weighted by Gasteiger charge is -2.24. The van der Waals surface area contributed by atoms with Gasteiger partial charge in [0.1, 0.15) is 0 Å². The smallest absolute Gasteiger partial charge is 0.241 e. The topological polar surface area (TPSA) is 32.3 Å². The van der Waals surface area contributed by atoms with Crippen LogP contribution < -0.4 is 5.32 Å². The molecule has 1 saturated heterocycles. The van der Waals surface area contributed by atoms with Crippen molar-refractivity contribution in [1.82, 2.24) is 10.2 Å². The van der Waals surface area contributed by atoms with E-state index in [2.05, 4.69) is 38.2 Å². The monoisotopic (exact) mass is 274 g/mol. The average Bonchev–Trinajstić information content (AvgIpc) is 2.79. The van der Waals surface area contributed by atoms with Crippen molar-refractivity contribution in [1.29, 1.82) is 0 Å². The Kier molecular flexibility index (Phi) is 5.18. The Bertz CT molecular complexity index is 430. The molecule has 0 radical (unpaired) electrons. The standard InChI is InChI=1S/C17H26N2O/c1-13(2)9-10-14(3)19-12-18-16(17(19)20)11-15-7-5-4-6-8-15/h4-8,13-14,16,18H,9-12H2,1-3H3. The normalized spacial score (nSPS) is 20.7. The zero-order valence-corrected chi connectivity index (χ0v) is 12.8. The van der Waals surface area contributed by atoms with Gasteiger partial charge in [-0.2, -0.15) is 0 Å². The summed E-state index contributed by atoms with van der Waals surface area (Å²) in [5, 5.41) is 3.35. The maximum atomic E-state index is 12.5. The summed E-state index contributed by atoms with van der Waals surface area (Å²) in [6.07, 6.45) is 3.05. The van der Waals surface area contributed by atoms with E-state index in [1.54, 1.807) is 0 Å². The van der Waals surface area contributed by atoms with Crippen LogP contribution in [0.25, 0.3) is 0 Å². The molecule has 1 aromatic rings. The minimum atomic E-state index is -0.0566. The van der Waals surface area contributed by atoms with Crippen LogP contribution in [0, 0.1) is 5.92 Å². The van der Waals surface area contributed by atoms with E-state index in [1.807, 2.05) is 23.1 Å². The molecule has 110 valence electrons. The summed E-state index contributed by atoms with van der Waals surface area (Å²) in [7, 11) is 0. The summed E-state index contributed by atoms with van der Waals surface area (Å²) in [5.41, 5.74) is 1.22. The molecule has 2 atom stereocenters. The van der Waals surface area contributed by atoms with E-state index in [1.165, 1.54) is 12.0 Å². The Morgan fingerprint density at radius 1 is 1.20 bits per heavy atom. The number of amides is 1. The Morgan fingerprint density at radius 2 is 1.90 bits per heavy atom. The van der Waals surface area contributed by atoms with Crippen LogP contribution in [-0.2, 0) is 11.2 Å². The molecule has 1 amide bonds. The average molecular weight is 274 g/mol. The van der Waals surface area contributed by atoms with Crippen LogP contribution in [0.1, 0.15) is 39.2 Å². The van der Waals surface area contributed by atoms with Crippen molar-refractivity contribution in [3.05, 3.63) is 35.9 Å². The van der Waals surface area contributed by atoms with E-state index in [4.69, 9.17) is 0 Å². The fourth-order valence-corrected chi connectivity index (χ4v) is 2.69. The molecule has 1 aromatic carbocycles. The molecular weight excluding hydrogens is 248 g/mol. The summed E-state index contributed by atoms with van der Waals surface area (Å²) < 4.78 is 0. The first-order chi connectivity index (χ1) is 9.58. The maximum Gasteiger partial charge on any atom is 0.241 e. The number of carbonyl (C=O) groups excluding carboxylic acids is 1. The van der Waals surface area contributed by atoms with Gasteiger partial charge in [0.2, 0.25) is 5.91 Å². The Morgan fingerprint density at radius 3 is 2.55 bits per heavy atom. The minimum Gasteiger partial charge on any atom is -0.326 e. The van der Waals surface area contributed by atoms with Crippen molar-refractivity contribution in [3.8, 4) is 0 Å². The highest BCUT2D eigenvalue weighted by Crippen LogP contribution is 2.17. The van der Waals surface area contributed by atoms with Crippen molar-refractivity contribution >= 4 is 5.91 Å². The molecule has 0 spiro atoms. The lowest BCUT2D eigenvalue weighted by Crippen LogP contribution is -2.37. The highest BCUT2D eigenvalue weighted by atomic mass is 16.2. The lowest BCUT2D eigenvalue weighted by molar-refractivity contribution is -0.130. The van der Waals surface area contributed by atoms with Gasteiger partial charge in [0.25, 0.3) is 0 Å². The fourth-order valence-electron chi connectivity index (χ4n) is 2.69. The van der Waals surface area contributed by atoms with Gasteiger partial charge in [-0.1, -0.05) is 44.2 Å². The maximum absolute atomic E-state index is 12.5. The molecule has 1 N–H and O–H groups in total. The molecule has 2 unspecified atom stereocenters. The highest BCUT2D eigenvalue weighted by Gasteiger charge is 2.33. The largest absolute Gasteiger partial charge is 0.326 e. The van der Waals surface area contributed by atoms with Gasteiger partial charge in [-0.3, -0.25) is 10.1 Å². The number of nitrogens with one attached hydrogen (secondary N) is 1. The summed E-state index contributed by atoms with van der Waals surface area (Å²) in [6, 6.07) is 10.5. The van der Waals surface area contributed by atoms with Crippen LogP contribution in [0.5, 0.6) is 0 Å². The van der Waals surface area contributed by atoms with Gasteiger partial charge in [-0.15, -0.1) is 0 Å². The Labute approximate surface area is 122 Å². The molecule has 0 bridgehead atoms. The van der Waals surface area contributed by atoms with Gasteiger partial charge < -0.3 is 4.90 Å². The quantitative estimate of drug-likeness (QED) is 0.865. The van der Waals surface area contributed by atoms with Gasteiger partial charge in [0.15, 0.2) is 0 Å². The van der Waals surface area contributed by atoms with E-state index >= 15 is 0 Å². The van der Waals surface area contributed by atoms with Gasteiger partial charge in [-0.05, 0) is 37.7 Å². The van der Waals surface area contributed by atoms with Crippen LogP contribution in [0.4, 0.5) is 0 Å². The van der Waals surface area contributed by atoms with E-state index < -0.39 is 0 Å². The van der Waals surface area contributed by atoms with Crippen LogP contribution in [0.2, 0.25) is 0 Å². The molecule has 3 heteroatoms. The van der Waals surface area contributed by atoms with Gasteiger partial charge in [0.05, 0.1) is 12.7 Å². The second-order valence-electron chi connectivity index (χ2n) is 6.23. The fraction of sp³-hybridized carbons (Fsp3) is 0.588. The first-order valence-corrected chi connectivity index (χ1v) is 7.65. The van der Waals surface area contributed by atoms with Crippen molar-refractivity contribution in [2.24, 2.45) is 5.92 Å². The summed E-state index contributed by atoms with van der Waals surface area (Å²) in [4.78, 5) is 14.5. The highest BCUT2D eigenvalue weighted by molar-refractivity contribution is 5.84. The van der Waals surface area contributed by atoms with Crippen molar-refractivity contribution < 1.29 is 4.79 Å². The Hall–Kier alpha value is -1.35. The van der Waals surface area contributed by atoms with Crippen molar-refractivity contribution in [3.63, 3.8) is 0 Å². The third-order valence-corrected chi connectivity index (χ3v) is 4.07. The molecule has 0 saturated carbocycles. The molecule has 1 aliphatic rings. The molecular formula is C17H26N2O. The second-order valence-corrected chi connectivity index (χ2v) is 6.23. The predicted molar refractivity (Wildman–Crippen MR) is 82.3 cm³/mol. The third-order valence-electron chi connectivity index (χ3n) is 4.07. The van der Waals surface area contributed by atoms with Crippen LogP contribution in [0.15, 0.2) is 30.3 Å². The number of nitrogens with zero attached hydrogens (tertiary/aromatic N) is 1. The van der Waals surface area contributed by atoms with Crippen molar-refractivity contribution in [2.75, 3.05) is 6.67 Å². The number of hydrogen-bond donors (Lipinski definition) is 1. The number of rotatable bonds is 6. The summed E-state index contributed by atoms with van der Waals surface area (Å²) >= 11 is 0. The van der Waals surface area contributed by atoms with Crippen LogP contribution >= 0.6 is 0 Å². The van der Waals surface area contributed by atoms with E-state index in [0.717, 1.165) is 12.8 Å². The number of carbonyl (C=O) groups is 1. The molecule has 1 aliphatic heterocycles. The molecule has 0 aliphatic carbocycles. The molecule has 3 nitrogen and oxygen atoms in total. The van der Waals surface area contributed by atoms with Crippen molar-refractivity contribution in [2.45, 2.75) is 52.1 Å². The number of hydrogen-bond acceptors (Lipinski definition) is 2. The van der Waals surface area contributed by atoms with Crippen LogP contribution in [-0.4, -0.2) is 29.6 Å². The first-order valence-electron chi connectivity index (χ1n) is 7.65. The minimum absolute atomic E-state index is 0.0566. The predicted octanol–water partition coefficient (Wildman–Crippen LogP) is 2.81. The van der Waals surface area contributed by atoms with Gasteiger partial charge in [0, 0.05) is 6.04 Å². The van der Waals surface area contributed by atoms with Gasteiger partial charge >= 0.3 is 0 Å². The number of benzene rings is 1. The van der Waals surface area contributed by atoms with E-state index in [-0.39, 0.29) is 11.9 Å². The molecule has 20 heavy (non-hydrogen) atoms. The Balaban J connectivity index is 1.89. The third kappa shape index (κ3) is 3.83. The molecule has 0 aromatic heterocycles. The molecule has 2 rings (SSSR count). The summed E-state index contributed by atoms with van der Waals surface area (Å²) in [5.74, 6) is 0.952. The zero-order valence-electron chi connectivity index (χ0n) is 12.8. The lowest BCUT2D eigenvalue weighted by atomic mass is 10.0. The second kappa shape index (κ2) is 6.89. The van der Waals surface area contributed by atoms with Crippen LogP contribution in [0.3, 0.4) is 0 Å². The zero-order chi connectivity index (χ0) is 14.5. The summed E-state index contributed by atoms with van der Waals surface area (Å²) in [6.45, 7) is 7.31. The first kappa shape index (κ1) is 15.0. The molecule has 1 heterocycles. The van der Waals surface area contributed by atoms with E-state index in [0.29, 0.717) is 18.6 Å². The SMILES string of the molecule is CC(C)CCC(C)N1CNC(Cc2ccccc2)C1=O. The molecule has 1 fully saturated rings. The van der Waals surface area contributed by atoms with E-state index in [9.17, 15) is 4.79 Å².